The Bertz CT molecular complexity index is 833. The van der Waals surface area contributed by atoms with Crippen LogP contribution in [-0.4, -0.2) is 61.5 Å². The Morgan fingerprint density at radius 3 is 1.88 bits per heavy atom. The summed E-state index contributed by atoms with van der Waals surface area (Å²) in [5, 5.41) is 10.9. The van der Waals surface area contributed by atoms with E-state index in [1.54, 1.807) is 0 Å². The maximum Gasteiger partial charge on any atom is 0.303 e. The Hall–Kier alpha value is -2.78. The number of carbonyl (C=O) groups is 2. The summed E-state index contributed by atoms with van der Waals surface area (Å²) in [6, 6.07) is 19.3. The molecule has 0 amide bonds. The summed E-state index contributed by atoms with van der Waals surface area (Å²) in [5.74, 6) is -1.25. The highest BCUT2D eigenvalue weighted by atomic mass is 16.7. The SMILES string of the molecule is CO[C@H]1O[C@H](COC(c2ccccc2)c2ccccc2)[C@@H](O)[C@H](OC(C)=O)[C@H]1OC(C)=O. The Labute approximate surface area is 187 Å². The highest BCUT2D eigenvalue weighted by Gasteiger charge is 2.49. The summed E-state index contributed by atoms with van der Waals surface area (Å²) in [7, 11) is 1.37. The minimum Gasteiger partial charge on any atom is -0.455 e. The lowest BCUT2D eigenvalue weighted by Gasteiger charge is -2.42. The smallest absolute Gasteiger partial charge is 0.303 e. The number of esters is 2. The average Bonchev–Trinajstić information content (AvgIpc) is 2.78. The van der Waals surface area contributed by atoms with Gasteiger partial charge in [-0.15, -0.1) is 0 Å². The summed E-state index contributed by atoms with van der Waals surface area (Å²) in [6.07, 6.45) is -5.95. The van der Waals surface area contributed by atoms with Gasteiger partial charge in [-0.3, -0.25) is 9.59 Å². The van der Waals surface area contributed by atoms with Crippen LogP contribution in [0, 0.1) is 0 Å². The Balaban J connectivity index is 1.81. The van der Waals surface area contributed by atoms with Crippen molar-refractivity contribution in [2.24, 2.45) is 0 Å². The van der Waals surface area contributed by atoms with E-state index in [2.05, 4.69) is 0 Å². The van der Waals surface area contributed by atoms with Crippen molar-refractivity contribution in [2.75, 3.05) is 13.7 Å². The van der Waals surface area contributed by atoms with Crippen molar-refractivity contribution in [3.63, 3.8) is 0 Å². The van der Waals surface area contributed by atoms with E-state index in [1.165, 1.54) is 21.0 Å². The van der Waals surface area contributed by atoms with E-state index in [1.807, 2.05) is 60.7 Å². The fraction of sp³-hybridized carbons (Fsp3) is 0.417. The van der Waals surface area contributed by atoms with Gasteiger partial charge in [-0.2, -0.15) is 0 Å². The lowest BCUT2D eigenvalue weighted by Crippen LogP contribution is -2.61. The van der Waals surface area contributed by atoms with Gasteiger partial charge in [0.1, 0.15) is 18.3 Å². The highest BCUT2D eigenvalue weighted by Crippen LogP contribution is 2.30. The van der Waals surface area contributed by atoms with Crippen LogP contribution < -0.4 is 0 Å². The van der Waals surface area contributed by atoms with E-state index in [0.717, 1.165) is 11.1 Å². The summed E-state index contributed by atoms with van der Waals surface area (Å²) < 4.78 is 27.8. The van der Waals surface area contributed by atoms with Crippen LogP contribution in [0.3, 0.4) is 0 Å². The van der Waals surface area contributed by atoms with Gasteiger partial charge in [-0.05, 0) is 11.1 Å². The molecule has 0 unspecified atom stereocenters. The summed E-state index contributed by atoms with van der Waals surface area (Å²) in [4.78, 5) is 23.2. The van der Waals surface area contributed by atoms with E-state index in [9.17, 15) is 14.7 Å². The van der Waals surface area contributed by atoms with Crippen LogP contribution in [-0.2, 0) is 33.3 Å². The van der Waals surface area contributed by atoms with Gasteiger partial charge >= 0.3 is 11.9 Å². The molecule has 1 saturated heterocycles. The molecule has 1 fully saturated rings. The number of benzene rings is 2. The molecule has 1 aliphatic rings. The molecule has 2 aromatic rings. The van der Waals surface area contributed by atoms with E-state index in [-0.39, 0.29) is 6.61 Å². The first kappa shape index (κ1) is 23.9. The van der Waals surface area contributed by atoms with Crippen LogP contribution in [0.4, 0.5) is 0 Å². The van der Waals surface area contributed by atoms with Gasteiger partial charge in [0.05, 0.1) is 6.61 Å². The molecule has 1 N–H and O–H groups in total. The van der Waals surface area contributed by atoms with Crippen molar-refractivity contribution in [3.8, 4) is 0 Å². The van der Waals surface area contributed by atoms with E-state index in [0.29, 0.717) is 0 Å². The summed E-state index contributed by atoms with van der Waals surface area (Å²) in [6.45, 7) is 2.39. The van der Waals surface area contributed by atoms with Gasteiger partial charge in [0.15, 0.2) is 18.5 Å². The fourth-order valence-corrected chi connectivity index (χ4v) is 3.69. The van der Waals surface area contributed by atoms with Crippen LogP contribution in [0.2, 0.25) is 0 Å². The third-order valence-electron chi connectivity index (χ3n) is 5.09. The monoisotopic (exact) mass is 444 g/mol. The number of hydrogen-bond donors (Lipinski definition) is 1. The topological polar surface area (TPSA) is 101 Å². The van der Waals surface area contributed by atoms with E-state index < -0.39 is 48.7 Å². The number of rotatable bonds is 8. The highest BCUT2D eigenvalue weighted by molar-refractivity contribution is 5.67. The van der Waals surface area contributed by atoms with Crippen LogP contribution in [0.5, 0.6) is 0 Å². The van der Waals surface area contributed by atoms with Crippen molar-refractivity contribution in [2.45, 2.75) is 50.7 Å². The molecule has 1 heterocycles. The molecule has 0 aliphatic carbocycles. The van der Waals surface area contributed by atoms with Crippen molar-refractivity contribution < 1.29 is 38.4 Å². The van der Waals surface area contributed by atoms with Gasteiger partial charge in [-0.1, -0.05) is 60.7 Å². The molecular formula is C24H28O8. The molecule has 1 aliphatic heterocycles. The molecule has 2 aromatic carbocycles. The first-order valence-electron chi connectivity index (χ1n) is 10.3. The molecule has 0 bridgehead atoms. The molecule has 5 atom stereocenters. The minimum atomic E-state index is -1.30. The van der Waals surface area contributed by atoms with Crippen molar-refractivity contribution >= 4 is 11.9 Å². The molecule has 32 heavy (non-hydrogen) atoms. The zero-order chi connectivity index (χ0) is 23.1. The third kappa shape index (κ3) is 5.92. The third-order valence-corrected chi connectivity index (χ3v) is 5.09. The maximum absolute atomic E-state index is 11.6. The fourth-order valence-electron chi connectivity index (χ4n) is 3.69. The molecule has 0 aromatic heterocycles. The number of hydrogen-bond acceptors (Lipinski definition) is 8. The van der Waals surface area contributed by atoms with Gasteiger partial charge in [-0.25, -0.2) is 0 Å². The molecule has 8 heteroatoms. The maximum atomic E-state index is 11.6. The molecule has 8 nitrogen and oxygen atoms in total. The lowest BCUT2D eigenvalue weighted by atomic mass is 9.98. The largest absolute Gasteiger partial charge is 0.455 e. The number of carbonyl (C=O) groups excluding carboxylic acids is 2. The van der Waals surface area contributed by atoms with Crippen LogP contribution in [0.1, 0.15) is 31.1 Å². The minimum absolute atomic E-state index is 0.0277. The standard InChI is InChI=1S/C24H28O8/c1-15(25)30-22-20(27)19(32-24(28-3)23(22)31-16(2)26)14-29-21(17-10-6-4-7-11-17)18-12-8-5-9-13-18/h4-13,19-24,27H,14H2,1-3H3/t19-,20-,22+,23-,24+/m1/s1. The van der Waals surface area contributed by atoms with Gasteiger partial charge in [0.25, 0.3) is 0 Å². The predicted octanol–water partition coefficient (Wildman–Crippen LogP) is 2.39. The molecule has 3 rings (SSSR count). The van der Waals surface area contributed by atoms with Crippen molar-refractivity contribution in [1.29, 1.82) is 0 Å². The van der Waals surface area contributed by atoms with Gasteiger partial charge < -0.3 is 28.8 Å². The number of aliphatic hydroxyl groups is 1. The zero-order valence-corrected chi connectivity index (χ0v) is 18.2. The predicted molar refractivity (Wildman–Crippen MR) is 113 cm³/mol. The van der Waals surface area contributed by atoms with Gasteiger partial charge in [0.2, 0.25) is 0 Å². The molecule has 0 spiro atoms. The first-order chi connectivity index (χ1) is 15.4. The molecule has 0 radical (unpaired) electrons. The summed E-state index contributed by atoms with van der Waals surface area (Å²) in [5.41, 5.74) is 1.86. The van der Waals surface area contributed by atoms with Crippen LogP contribution in [0.25, 0.3) is 0 Å². The second kappa shape index (κ2) is 11.2. The van der Waals surface area contributed by atoms with E-state index in [4.69, 9.17) is 23.7 Å². The first-order valence-corrected chi connectivity index (χ1v) is 10.3. The zero-order valence-electron chi connectivity index (χ0n) is 18.2. The summed E-state index contributed by atoms with van der Waals surface area (Å²) >= 11 is 0. The Morgan fingerprint density at radius 1 is 0.906 bits per heavy atom. The molecule has 0 saturated carbocycles. The lowest BCUT2D eigenvalue weighted by molar-refractivity contribution is -0.302. The second-order valence-corrected chi connectivity index (χ2v) is 7.45. The molecular weight excluding hydrogens is 416 g/mol. The van der Waals surface area contributed by atoms with E-state index >= 15 is 0 Å². The number of ether oxygens (including phenoxy) is 5. The second-order valence-electron chi connectivity index (χ2n) is 7.45. The molecule has 172 valence electrons. The van der Waals surface area contributed by atoms with Gasteiger partial charge in [0, 0.05) is 21.0 Å². The van der Waals surface area contributed by atoms with Crippen LogP contribution in [0.15, 0.2) is 60.7 Å². The van der Waals surface area contributed by atoms with Crippen molar-refractivity contribution in [1.82, 2.24) is 0 Å². The Morgan fingerprint density at radius 2 is 1.41 bits per heavy atom. The quantitative estimate of drug-likeness (QED) is 0.620. The number of aliphatic hydroxyl groups excluding tert-OH is 1. The normalized spacial score (nSPS) is 25.3. The Kier molecular flexibility index (Phi) is 8.35. The number of methoxy groups -OCH3 is 1. The van der Waals surface area contributed by atoms with Crippen molar-refractivity contribution in [3.05, 3.63) is 71.8 Å². The van der Waals surface area contributed by atoms with Crippen LogP contribution >= 0.6 is 0 Å². The average molecular weight is 444 g/mol.